The third kappa shape index (κ3) is 2.86. The average molecular weight is 290 g/mol. The lowest BCUT2D eigenvalue weighted by atomic mass is 10.1. The highest BCUT2D eigenvalue weighted by atomic mass is 16.2. The van der Waals surface area contributed by atoms with Crippen molar-refractivity contribution in [2.75, 3.05) is 6.54 Å². The van der Waals surface area contributed by atoms with Crippen LogP contribution in [0.4, 0.5) is 0 Å². The standard InChI is InChI=1S/C14H18N4O3/c1-8-11(9(2)17(4)16-8)5-6-13(20)18-7-12(19)15-14(21)10(18)3/h5-6,10H,7H2,1-4H3,(H,15,19,21). The van der Waals surface area contributed by atoms with Crippen LogP contribution in [0.25, 0.3) is 6.08 Å². The van der Waals surface area contributed by atoms with Crippen LogP contribution in [0.1, 0.15) is 23.9 Å². The molecule has 0 aromatic carbocycles. The number of aromatic nitrogens is 2. The first-order valence-electron chi connectivity index (χ1n) is 6.64. The molecule has 1 N–H and O–H groups in total. The second-order valence-electron chi connectivity index (χ2n) is 5.10. The Labute approximate surface area is 122 Å². The fourth-order valence-electron chi connectivity index (χ4n) is 2.26. The zero-order valence-electron chi connectivity index (χ0n) is 12.5. The number of rotatable bonds is 2. The molecular weight excluding hydrogens is 272 g/mol. The van der Waals surface area contributed by atoms with E-state index in [0.29, 0.717) is 0 Å². The Hall–Kier alpha value is -2.44. The van der Waals surface area contributed by atoms with Crippen molar-refractivity contribution < 1.29 is 14.4 Å². The Bertz CT molecular complexity index is 645. The van der Waals surface area contributed by atoms with Crippen molar-refractivity contribution in [3.8, 4) is 0 Å². The summed E-state index contributed by atoms with van der Waals surface area (Å²) in [5, 5.41) is 6.46. The number of hydrogen-bond acceptors (Lipinski definition) is 4. The van der Waals surface area contributed by atoms with E-state index in [0.717, 1.165) is 17.0 Å². The molecule has 3 amide bonds. The van der Waals surface area contributed by atoms with Crippen molar-refractivity contribution in [3.05, 3.63) is 23.0 Å². The quantitative estimate of drug-likeness (QED) is 0.610. The highest BCUT2D eigenvalue weighted by Gasteiger charge is 2.32. The molecule has 7 heteroatoms. The summed E-state index contributed by atoms with van der Waals surface area (Å²) < 4.78 is 1.74. The van der Waals surface area contributed by atoms with Crippen molar-refractivity contribution in [1.82, 2.24) is 20.0 Å². The van der Waals surface area contributed by atoms with E-state index in [2.05, 4.69) is 10.4 Å². The molecule has 1 aliphatic rings. The third-order valence-corrected chi connectivity index (χ3v) is 3.66. The maximum Gasteiger partial charge on any atom is 0.249 e. The molecule has 0 aliphatic carbocycles. The molecule has 1 aliphatic heterocycles. The largest absolute Gasteiger partial charge is 0.318 e. The average Bonchev–Trinajstić information content (AvgIpc) is 2.65. The summed E-state index contributed by atoms with van der Waals surface area (Å²) in [5.74, 6) is -1.29. The maximum absolute atomic E-state index is 12.2. The molecular formula is C14H18N4O3. The van der Waals surface area contributed by atoms with Crippen LogP contribution in [0.5, 0.6) is 0 Å². The van der Waals surface area contributed by atoms with Crippen LogP contribution in [-0.4, -0.2) is 45.0 Å². The predicted octanol–water partition coefficient (Wildman–Crippen LogP) is -0.0764. The smallest absolute Gasteiger partial charge is 0.249 e. The van der Waals surface area contributed by atoms with Gasteiger partial charge in [-0.1, -0.05) is 0 Å². The minimum Gasteiger partial charge on any atom is -0.318 e. The van der Waals surface area contributed by atoms with E-state index in [1.54, 1.807) is 17.7 Å². The number of carbonyl (C=O) groups excluding carboxylic acids is 3. The lowest BCUT2D eigenvalue weighted by Crippen LogP contribution is -2.58. The number of nitrogens with one attached hydrogen (secondary N) is 1. The van der Waals surface area contributed by atoms with Gasteiger partial charge in [0, 0.05) is 24.4 Å². The van der Waals surface area contributed by atoms with Gasteiger partial charge < -0.3 is 4.90 Å². The normalized spacial score (nSPS) is 19.2. The topological polar surface area (TPSA) is 84.3 Å². The number of aryl methyl sites for hydroxylation is 2. The summed E-state index contributed by atoms with van der Waals surface area (Å²) >= 11 is 0. The van der Waals surface area contributed by atoms with Gasteiger partial charge in [-0.05, 0) is 26.8 Å². The van der Waals surface area contributed by atoms with Gasteiger partial charge in [-0.25, -0.2) is 0 Å². The van der Waals surface area contributed by atoms with Crippen molar-refractivity contribution >= 4 is 23.8 Å². The van der Waals surface area contributed by atoms with Gasteiger partial charge in [0.05, 0.1) is 5.69 Å². The summed E-state index contributed by atoms with van der Waals surface area (Å²) in [6.07, 6.45) is 3.04. The number of hydrogen-bond donors (Lipinski definition) is 1. The first-order valence-corrected chi connectivity index (χ1v) is 6.64. The van der Waals surface area contributed by atoms with Crippen LogP contribution < -0.4 is 5.32 Å². The summed E-state index contributed by atoms with van der Waals surface area (Å²) in [6.45, 7) is 5.25. The van der Waals surface area contributed by atoms with Gasteiger partial charge >= 0.3 is 0 Å². The zero-order chi connectivity index (χ0) is 15.7. The maximum atomic E-state index is 12.2. The second kappa shape index (κ2) is 5.51. The Morgan fingerprint density at radius 1 is 1.38 bits per heavy atom. The van der Waals surface area contributed by atoms with Gasteiger partial charge in [0.15, 0.2) is 0 Å². The highest BCUT2D eigenvalue weighted by molar-refractivity contribution is 6.06. The van der Waals surface area contributed by atoms with Crippen LogP contribution in [-0.2, 0) is 21.4 Å². The van der Waals surface area contributed by atoms with E-state index in [4.69, 9.17) is 0 Å². The zero-order valence-corrected chi connectivity index (χ0v) is 12.5. The Balaban J connectivity index is 2.19. The lowest BCUT2D eigenvalue weighted by Gasteiger charge is -2.30. The Morgan fingerprint density at radius 2 is 2.05 bits per heavy atom. The van der Waals surface area contributed by atoms with Crippen molar-refractivity contribution in [1.29, 1.82) is 0 Å². The van der Waals surface area contributed by atoms with E-state index in [1.165, 1.54) is 11.0 Å². The van der Waals surface area contributed by atoms with Crippen LogP contribution in [0.3, 0.4) is 0 Å². The molecule has 21 heavy (non-hydrogen) atoms. The summed E-state index contributed by atoms with van der Waals surface area (Å²) in [6, 6.07) is -0.657. The van der Waals surface area contributed by atoms with Crippen molar-refractivity contribution in [3.63, 3.8) is 0 Å². The molecule has 1 aromatic heterocycles. The molecule has 0 spiro atoms. The van der Waals surface area contributed by atoms with Crippen LogP contribution in [0.2, 0.25) is 0 Å². The molecule has 1 fully saturated rings. The molecule has 7 nitrogen and oxygen atoms in total. The molecule has 2 heterocycles. The summed E-state index contributed by atoms with van der Waals surface area (Å²) in [7, 11) is 1.83. The van der Waals surface area contributed by atoms with Gasteiger partial charge in [0.2, 0.25) is 17.7 Å². The predicted molar refractivity (Wildman–Crippen MR) is 76.0 cm³/mol. The molecule has 1 unspecified atom stereocenters. The molecule has 1 atom stereocenters. The summed E-state index contributed by atoms with van der Waals surface area (Å²) in [4.78, 5) is 36.3. The summed E-state index contributed by atoms with van der Waals surface area (Å²) in [5.41, 5.74) is 2.63. The first kappa shape index (κ1) is 15.0. The van der Waals surface area contributed by atoms with Gasteiger partial charge in [0.25, 0.3) is 0 Å². The number of piperazine rings is 1. The Kier molecular flexibility index (Phi) is 3.93. The van der Waals surface area contributed by atoms with Crippen molar-refractivity contribution in [2.24, 2.45) is 7.05 Å². The van der Waals surface area contributed by atoms with Gasteiger partial charge in [0.1, 0.15) is 12.6 Å². The van der Waals surface area contributed by atoms with Gasteiger partial charge in [-0.15, -0.1) is 0 Å². The minimum absolute atomic E-state index is 0.110. The number of carbonyl (C=O) groups is 3. The fraction of sp³-hybridized carbons (Fsp3) is 0.429. The van der Waals surface area contributed by atoms with E-state index in [1.807, 2.05) is 20.9 Å². The van der Waals surface area contributed by atoms with E-state index in [9.17, 15) is 14.4 Å². The second-order valence-corrected chi connectivity index (χ2v) is 5.10. The highest BCUT2D eigenvalue weighted by Crippen LogP contribution is 2.14. The lowest BCUT2D eigenvalue weighted by molar-refractivity contribution is -0.147. The molecule has 0 radical (unpaired) electrons. The van der Waals surface area contributed by atoms with Crippen LogP contribution in [0, 0.1) is 13.8 Å². The SMILES string of the molecule is Cc1nn(C)c(C)c1C=CC(=O)N1CC(=O)NC(=O)C1C. The minimum atomic E-state index is -0.657. The number of nitrogens with zero attached hydrogens (tertiary/aromatic N) is 3. The Morgan fingerprint density at radius 3 is 2.62 bits per heavy atom. The monoisotopic (exact) mass is 290 g/mol. The number of imide groups is 1. The van der Waals surface area contributed by atoms with E-state index >= 15 is 0 Å². The molecule has 1 saturated heterocycles. The third-order valence-electron chi connectivity index (χ3n) is 3.66. The number of amides is 3. The van der Waals surface area contributed by atoms with E-state index < -0.39 is 17.9 Å². The molecule has 0 bridgehead atoms. The van der Waals surface area contributed by atoms with E-state index in [-0.39, 0.29) is 12.5 Å². The first-order chi connectivity index (χ1) is 9.81. The molecule has 2 rings (SSSR count). The fourth-order valence-corrected chi connectivity index (χ4v) is 2.26. The molecule has 0 saturated carbocycles. The molecule has 112 valence electrons. The van der Waals surface area contributed by atoms with Crippen LogP contribution >= 0.6 is 0 Å². The van der Waals surface area contributed by atoms with Gasteiger partial charge in [-0.3, -0.25) is 24.4 Å². The van der Waals surface area contributed by atoms with Gasteiger partial charge in [-0.2, -0.15) is 5.10 Å². The molecule has 1 aromatic rings. The van der Waals surface area contributed by atoms with Crippen LogP contribution in [0.15, 0.2) is 6.08 Å². The van der Waals surface area contributed by atoms with Crippen molar-refractivity contribution in [2.45, 2.75) is 26.8 Å².